The Kier molecular flexibility index (Phi) is 5.59. The maximum absolute atomic E-state index is 10.00. The van der Waals surface area contributed by atoms with Gasteiger partial charge in [-0.3, -0.25) is 0 Å². The van der Waals surface area contributed by atoms with Crippen LogP contribution in [0.2, 0.25) is 0 Å². The lowest BCUT2D eigenvalue weighted by Crippen LogP contribution is -2.55. The molecule has 0 unspecified atom stereocenters. The largest absolute Gasteiger partial charge is 0.391 e. The molecule has 4 N–H and O–H groups in total. The maximum Gasteiger partial charge on any atom is 0.118 e. The van der Waals surface area contributed by atoms with Gasteiger partial charge in [0.2, 0.25) is 0 Å². The standard InChI is InChI=1S/C10H22O4/c1-4-5-6-10(14,8(3)12)9(13)7(2)11/h7-9,11-14H,4-6H2,1-3H3/t7-,8+,9+,10+/m1/s1. The van der Waals surface area contributed by atoms with Crippen molar-refractivity contribution in [1.82, 2.24) is 0 Å². The molecule has 0 spiro atoms. The van der Waals surface area contributed by atoms with E-state index in [0.717, 1.165) is 6.42 Å². The van der Waals surface area contributed by atoms with Crippen molar-refractivity contribution in [2.75, 3.05) is 0 Å². The number of hydrogen-bond acceptors (Lipinski definition) is 4. The van der Waals surface area contributed by atoms with Gasteiger partial charge in [0.05, 0.1) is 12.2 Å². The summed E-state index contributed by atoms with van der Waals surface area (Å²) in [6.45, 7) is 4.77. The molecule has 0 aliphatic carbocycles. The molecule has 0 fully saturated rings. The van der Waals surface area contributed by atoms with Crippen LogP contribution in [0, 0.1) is 0 Å². The average Bonchev–Trinajstić information content (AvgIpc) is 2.12. The first-order valence-corrected chi connectivity index (χ1v) is 5.12. The van der Waals surface area contributed by atoms with Crippen LogP contribution < -0.4 is 0 Å². The molecule has 0 radical (unpaired) electrons. The molecule has 0 bridgehead atoms. The third-order valence-corrected chi connectivity index (χ3v) is 2.62. The Hall–Kier alpha value is -0.160. The van der Waals surface area contributed by atoms with Gasteiger partial charge in [-0.2, -0.15) is 0 Å². The van der Waals surface area contributed by atoms with Crippen LogP contribution in [0.4, 0.5) is 0 Å². The Morgan fingerprint density at radius 3 is 1.93 bits per heavy atom. The van der Waals surface area contributed by atoms with Gasteiger partial charge in [-0.05, 0) is 20.3 Å². The SMILES string of the molecule is CCCC[C@](O)([C@H](C)O)[C@@H](O)[C@@H](C)O. The zero-order valence-electron chi connectivity index (χ0n) is 9.14. The first kappa shape index (κ1) is 13.8. The van der Waals surface area contributed by atoms with E-state index in [1.807, 2.05) is 6.92 Å². The molecule has 0 rings (SSSR count). The molecule has 0 heterocycles. The highest BCUT2D eigenvalue weighted by atomic mass is 16.4. The molecule has 86 valence electrons. The van der Waals surface area contributed by atoms with Crippen molar-refractivity contribution in [2.45, 2.75) is 63.9 Å². The van der Waals surface area contributed by atoms with Gasteiger partial charge in [0.1, 0.15) is 11.7 Å². The summed E-state index contributed by atoms with van der Waals surface area (Å²) in [6.07, 6.45) is -1.57. The molecule has 0 saturated heterocycles. The quantitative estimate of drug-likeness (QED) is 0.494. The van der Waals surface area contributed by atoms with E-state index >= 15 is 0 Å². The zero-order valence-corrected chi connectivity index (χ0v) is 9.14. The highest BCUT2D eigenvalue weighted by Gasteiger charge is 2.41. The summed E-state index contributed by atoms with van der Waals surface area (Å²) < 4.78 is 0. The number of unbranched alkanes of at least 4 members (excludes halogenated alkanes) is 1. The Balaban J connectivity index is 4.53. The molecular formula is C10H22O4. The van der Waals surface area contributed by atoms with Crippen molar-refractivity contribution in [1.29, 1.82) is 0 Å². The second-order valence-corrected chi connectivity index (χ2v) is 3.96. The molecule has 0 amide bonds. The predicted molar refractivity (Wildman–Crippen MR) is 53.8 cm³/mol. The average molecular weight is 206 g/mol. The van der Waals surface area contributed by atoms with Crippen LogP contribution in [0.25, 0.3) is 0 Å². The van der Waals surface area contributed by atoms with E-state index in [9.17, 15) is 20.4 Å². The molecule has 0 aromatic rings. The Labute approximate surface area is 85.2 Å². The van der Waals surface area contributed by atoms with Crippen LogP contribution in [-0.2, 0) is 0 Å². The van der Waals surface area contributed by atoms with Gasteiger partial charge in [-0.1, -0.05) is 19.8 Å². The summed E-state index contributed by atoms with van der Waals surface area (Å²) in [4.78, 5) is 0. The fraction of sp³-hybridized carbons (Fsp3) is 1.00. The van der Waals surface area contributed by atoms with Gasteiger partial charge < -0.3 is 20.4 Å². The number of aliphatic hydroxyl groups is 4. The van der Waals surface area contributed by atoms with E-state index < -0.39 is 23.9 Å². The normalized spacial score (nSPS) is 22.5. The summed E-state index contributed by atoms with van der Waals surface area (Å²) in [7, 11) is 0. The van der Waals surface area contributed by atoms with Crippen LogP contribution in [0.15, 0.2) is 0 Å². The first-order valence-electron chi connectivity index (χ1n) is 5.12. The van der Waals surface area contributed by atoms with Crippen molar-refractivity contribution in [2.24, 2.45) is 0 Å². The van der Waals surface area contributed by atoms with Crippen LogP contribution in [-0.4, -0.2) is 44.3 Å². The summed E-state index contributed by atoms with van der Waals surface area (Å²) in [5, 5.41) is 38.2. The van der Waals surface area contributed by atoms with Gasteiger partial charge in [-0.15, -0.1) is 0 Å². The summed E-state index contributed by atoms with van der Waals surface area (Å²) in [5.74, 6) is 0. The van der Waals surface area contributed by atoms with Gasteiger partial charge in [0, 0.05) is 0 Å². The van der Waals surface area contributed by atoms with Crippen LogP contribution in [0.1, 0.15) is 40.0 Å². The summed E-state index contributed by atoms with van der Waals surface area (Å²) in [6, 6.07) is 0. The van der Waals surface area contributed by atoms with Gasteiger partial charge in [0.25, 0.3) is 0 Å². The minimum absolute atomic E-state index is 0.285. The second-order valence-electron chi connectivity index (χ2n) is 3.96. The van der Waals surface area contributed by atoms with Crippen molar-refractivity contribution in [3.63, 3.8) is 0 Å². The molecule has 0 aliphatic heterocycles. The lowest BCUT2D eigenvalue weighted by Gasteiger charge is -2.37. The van der Waals surface area contributed by atoms with Crippen molar-refractivity contribution < 1.29 is 20.4 Å². The van der Waals surface area contributed by atoms with E-state index in [1.165, 1.54) is 13.8 Å². The van der Waals surface area contributed by atoms with Crippen LogP contribution in [0.3, 0.4) is 0 Å². The first-order chi connectivity index (χ1) is 6.36. The minimum atomic E-state index is -1.61. The fourth-order valence-corrected chi connectivity index (χ4v) is 1.48. The third kappa shape index (κ3) is 3.20. The molecular weight excluding hydrogens is 184 g/mol. The predicted octanol–water partition coefficient (Wildman–Crippen LogP) is 0.0302. The van der Waals surface area contributed by atoms with Crippen molar-refractivity contribution in [3.05, 3.63) is 0 Å². The molecule has 14 heavy (non-hydrogen) atoms. The van der Waals surface area contributed by atoms with Gasteiger partial charge in [0.15, 0.2) is 0 Å². The van der Waals surface area contributed by atoms with E-state index in [4.69, 9.17) is 0 Å². The molecule has 0 saturated carbocycles. The Bertz CT molecular complexity index is 158. The van der Waals surface area contributed by atoms with E-state index in [1.54, 1.807) is 0 Å². The summed E-state index contributed by atoms with van der Waals surface area (Å²) >= 11 is 0. The van der Waals surface area contributed by atoms with Gasteiger partial charge in [-0.25, -0.2) is 0 Å². The number of hydrogen-bond donors (Lipinski definition) is 4. The lowest BCUT2D eigenvalue weighted by atomic mass is 9.83. The Morgan fingerprint density at radius 1 is 1.14 bits per heavy atom. The van der Waals surface area contributed by atoms with Crippen molar-refractivity contribution >= 4 is 0 Å². The monoisotopic (exact) mass is 206 g/mol. The van der Waals surface area contributed by atoms with E-state index in [0.29, 0.717) is 6.42 Å². The third-order valence-electron chi connectivity index (χ3n) is 2.62. The summed E-state index contributed by atoms with van der Waals surface area (Å²) in [5.41, 5.74) is -1.61. The maximum atomic E-state index is 10.00. The molecule has 0 aliphatic rings. The smallest absolute Gasteiger partial charge is 0.118 e. The molecule has 4 atom stereocenters. The lowest BCUT2D eigenvalue weighted by molar-refractivity contribution is -0.173. The fourth-order valence-electron chi connectivity index (χ4n) is 1.48. The highest BCUT2D eigenvalue weighted by Crippen LogP contribution is 2.25. The van der Waals surface area contributed by atoms with Gasteiger partial charge >= 0.3 is 0 Å². The minimum Gasteiger partial charge on any atom is -0.391 e. The molecule has 0 aromatic heterocycles. The van der Waals surface area contributed by atoms with E-state index in [-0.39, 0.29) is 6.42 Å². The number of rotatable bonds is 6. The van der Waals surface area contributed by atoms with Crippen LogP contribution in [0.5, 0.6) is 0 Å². The highest BCUT2D eigenvalue weighted by molar-refractivity contribution is 4.93. The molecule has 4 heteroatoms. The second kappa shape index (κ2) is 5.66. The Morgan fingerprint density at radius 2 is 1.64 bits per heavy atom. The van der Waals surface area contributed by atoms with Crippen molar-refractivity contribution in [3.8, 4) is 0 Å². The zero-order chi connectivity index (χ0) is 11.4. The van der Waals surface area contributed by atoms with E-state index in [2.05, 4.69) is 0 Å². The topological polar surface area (TPSA) is 80.9 Å². The van der Waals surface area contributed by atoms with Crippen LogP contribution >= 0.6 is 0 Å². The molecule has 4 nitrogen and oxygen atoms in total. The molecule has 0 aromatic carbocycles. The number of aliphatic hydroxyl groups excluding tert-OH is 3.